The zero-order valence-electron chi connectivity index (χ0n) is 33.3. The molecule has 0 bridgehead atoms. The van der Waals surface area contributed by atoms with Crippen LogP contribution in [0.5, 0.6) is 17.2 Å². The smallest absolute Gasteiger partial charge is 0.425 e. The Morgan fingerprint density at radius 3 is 2.35 bits per heavy atom. The van der Waals surface area contributed by atoms with E-state index in [-0.39, 0.29) is 29.3 Å². The van der Waals surface area contributed by atoms with Crippen LogP contribution in [-0.2, 0) is 11.2 Å². The summed E-state index contributed by atoms with van der Waals surface area (Å²) in [7, 11) is 1.52. The van der Waals surface area contributed by atoms with E-state index in [1.807, 2.05) is 70.7 Å². The summed E-state index contributed by atoms with van der Waals surface area (Å²) in [6.45, 7) is 16.5. The molecule has 11 nitrogen and oxygen atoms in total. The van der Waals surface area contributed by atoms with Crippen molar-refractivity contribution in [3.8, 4) is 17.2 Å². The van der Waals surface area contributed by atoms with Gasteiger partial charge in [-0.1, -0.05) is 37.1 Å². The third-order valence-corrected chi connectivity index (χ3v) is 9.88. The molecule has 5 rings (SSSR count). The van der Waals surface area contributed by atoms with Crippen molar-refractivity contribution in [3.05, 3.63) is 88.9 Å². The third-order valence-electron chi connectivity index (χ3n) is 9.88. The molecule has 2 amide bonds. The van der Waals surface area contributed by atoms with Gasteiger partial charge in [-0.2, -0.15) is 4.98 Å². The first-order chi connectivity index (χ1) is 26.5. The van der Waals surface area contributed by atoms with Crippen molar-refractivity contribution in [2.24, 2.45) is 5.92 Å². The second-order valence-corrected chi connectivity index (χ2v) is 14.2. The maximum Gasteiger partial charge on any atom is 0.425 e. The van der Waals surface area contributed by atoms with Gasteiger partial charge in [0.1, 0.15) is 17.3 Å². The van der Waals surface area contributed by atoms with E-state index in [2.05, 4.69) is 20.2 Å². The van der Waals surface area contributed by atoms with E-state index >= 15 is 4.39 Å². The summed E-state index contributed by atoms with van der Waals surface area (Å²) in [5.74, 6) is 0.639. The van der Waals surface area contributed by atoms with Gasteiger partial charge in [-0.15, -0.1) is 0 Å². The van der Waals surface area contributed by atoms with Crippen LogP contribution in [0.3, 0.4) is 0 Å². The van der Waals surface area contributed by atoms with E-state index in [4.69, 9.17) is 14.2 Å². The number of ether oxygens (including phenoxy) is 3. The Hall–Kier alpha value is -5.23. The average molecular weight is 755 g/mol. The summed E-state index contributed by atoms with van der Waals surface area (Å²) in [6.07, 6.45) is 5.84. The molecule has 4 aromatic rings. The van der Waals surface area contributed by atoms with Crippen LogP contribution in [0, 0.1) is 32.5 Å². The monoisotopic (exact) mass is 754 g/mol. The third kappa shape index (κ3) is 10.7. The number of aromatic nitrogens is 2. The number of carbonyl (C=O) groups is 2. The van der Waals surface area contributed by atoms with Crippen LogP contribution < -0.4 is 24.4 Å². The lowest BCUT2D eigenvalue weighted by Gasteiger charge is -2.26. The van der Waals surface area contributed by atoms with Crippen molar-refractivity contribution in [1.29, 1.82) is 0 Å². The maximum absolute atomic E-state index is 15.2. The summed E-state index contributed by atoms with van der Waals surface area (Å²) in [5, 5.41) is 3.06. The molecule has 0 saturated carbocycles. The fourth-order valence-electron chi connectivity index (χ4n) is 7.11. The van der Waals surface area contributed by atoms with E-state index in [1.165, 1.54) is 43.5 Å². The zero-order valence-corrected chi connectivity index (χ0v) is 33.3. The predicted octanol–water partition coefficient (Wildman–Crippen LogP) is 8.93. The number of hydrogen-bond donors (Lipinski definition) is 1. The molecule has 55 heavy (non-hydrogen) atoms. The number of piperidine rings is 1. The molecule has 1 atom stereocenters. The lowest BCUT2D eigenvalue weighted by atomic mass is 9.99. The van der Waals surface area contributed by atoms with E-state index in [1.54, 1.807) is 24.3 Å². The highest BCUT2D eigenvalue weighted by molar-refractivity contribution is 5.98. The molecule has 1 N–H and O–H groups in total. The molecule has 1 fully saturated rings. The lowest BCUT2D eigenvalue weighted by Crippen LogP contribution is -2.35. The van der Waals surface area contributed by atoms with Gasteiger partial charge < -0.3 is 29.3 Å². The van der Waals surface area contributed by atoms with Crippen LogP contribution in [0.1, 0.15) is 68.7 Å². The molecular weight excluding hydrogens is 700 g/mol. The Bertz CT molecular complexity index is 1910. The summed E-state index contributed by atoms with van der Waals surface area (Å²) < 4.78 is 32.8. The molecule has 1 unspecified atom stereocenters. The highest BCUT2D eigenvalue weighted by atomic mass is 19.1. The van der Waals surface area contributed by atoms with Gasteiger partial charge in [0.25, 0.3) is 0 Å². The Kier molecular flexibility index (Phi) is 14.4. The SMILES string of the molecule is CCN(CC)C(=O)C(C)Cc1ccc(N(C(=O)Oc2c(C)cc(C)cc2C)c2ccnc(Nc3ccc(OCCCN4CCCCC4)c(F)c3)n2)c(OC)c1. The van der Waals surface area contributed by atoms with Crippen molar-refractivity contribution < 1.29 is 28.2 Å². The first-order valence-corrected chi connectivity index (χ1v) is 19.3. The fraction of sp³-hybridized carbons (Fsp3) is 0.442. The molecule has 0 radical (unpaired) electrons. The number of anilines is 4. The number of nitrogens with zero attached hydrogens (tertiary/aromatic N) is 5. The van der Waals surface area contributed by atoms with Crippen LogP contribution in [0.15, 0.2) is 60.8 Å². The standard InChI is InChI=1S/C43H55FN6O5/c1-8-49(9-2)41(51)32(6)26-33-14-16-36(38(27-33)53-7)50(43(52)55-40-30(4)24-29(3)25-31(40)5)39-18-19-45-42(47-39)46-34-15-17-37(35(44)28-34)54-23-13-22-48-20-11-10-12-21-48/h14-19,24-25,27-28,32H,8-13,20-23,26H2,1-7H3,(H,45,46,47). The van der Waals surface area contributed by atoms with Gasteiger partial charge in [0.2, 0.25) is 11.9 Å². The number of aryl methyl sites for hydroxylation is 3. The first-order valence-electron chi connectivity index (χ1n) is 19.3. The number of likely N-dealkylation sites (tertiary alicyclic amines) is 1. The van der Waals surface area contributed by atoms with E-state index in [0.717, 1.165) is 48.3 Å². The van der Waals surface area contributed by atoms with E-state index in [9.17, 15) is 9.59 Å². The molecule has 0 spiro atoms. The van der Waals surface area contributed by atoms with Crippen LogP contribution in [-0.4, -0.2) is 78.2 Å². The fourth-order valence-corrected chi connectivity index (χ4v) is 7.11. The quantitative estimate of drug-likeness (QED) is 0.112. The Morgan fingerprint density at radius 2 is 1.67 bits per heavy atom. The molecule has 2 heterocycles. The van der Waals surface area contributed by atoms with Crippen LogP contribution >= 0.6 is 0 Å². The van der Waals surface area contributed by atoms with Crippen molar-refractivity contribution in [2.45, 2.75) is 73.6 Å². The molecule has 294 valence electrons. The number of halogens is 1. The molecular formula is C43H55FN6O5. The number of nitrogens with one attached hydrogen (secondary N) is 1. The van der Waals surface area contributed by atoms with Gasteiger partial charge in [-0.25, -0.2) is 19.1 Å². The molecule has 0 aliphatic carbocycles. The molecule has 1 aromatic heterocycles. The molecule has 3 aromatic carbocycles. The zero-order chi connectivity index (χ0) is 39.5. The van der Waals surface area contributed by atoms with Gasteiger partial charge in [0.15, 0.2) is 11.6 Å². The molecule has 12 heteroatoms. The molecule has 1 aliphatic heterocycles. The first kappa shape index (κ1) is 40.9. The van der Waals surface area contributed by atoms with Gasteiger partial charge in [0.05, 0.1) is 19.4 Å². The lowest BCUT2D eigenvalue weighted by molar-refractivity contribution is -0.134. The van der Waals surface area contributed by atoms with Crippen LogP contribution in [0.25, 0.3) is 0 Å². The average Bonchev–Trinajstić information content (AvgIpc) is 3.17. The number of hydrogen-bond acceptors (Lipinski definition) is 9. The van der Waals surface area contributed by atoms with E-state index in [0.29, 0.717) is 49.0 Å². The van der Waals surface area contributed by atoms with Gasteiger partial charge in [-0.05, 0) is 114 Å². The number of amides is 2. The maximum atomic E-state index is 15.2. The number of methoxy groups -OCH3 is 1. The number of rotatable bonds is 16. The highest BCUT2D eigenvalue weighted by Gasteiger charge is 2.28. The minimum atomic E-state index is -0.719. The second-order valence-electron chi connectivity index (χ2n) is 14.2. The summed E-state index contributed by atoms with van der Waals surface area (Å²) >= 11 is 0. The Morgan fingerprint density at radius 1 is 0.945 bits per heavy atom. The van der Waals surface area contributed by atoms with Crippen molar-refractivity contribution in [2.75, 3.05) is 56.7 Å². The van der Waals surface area contributed by atoms with E-state index < -0.39 is 11.9 Å². The largest absolute Gasteiger partial charge is 0.495 e. The molecule has 1 saturated heterocycles. The summed E-state index contributed by atoms with van der Waals surface area (Å²) in [4.78, 5) is 41.9. The van der Waals surface area contributed by atoms with Gasteiger partial charge in [0, 0.05) is 49.6 Å². The highest BCUT2D eigenvalue weighted by Crippen LogP contribution is 2.37. The van der Waals surface area contributed by atoms with Crippen molar-refractivity contribution in [3.63, 3.8) is 0 Å². The normalized spacial score (nSPS) is 13.5. The Labute approximate surface area is 324 Å². The van der Waals surface area contributed by atoms with Gasteiger partial charge in [-0.3, -0.25) is 4.79 Å². The van der Waals surface area contributed by atoms with Crippen molar-refractivity contribution in [1.82, 2.24) is 19.8 Å². The van der Waals surface area contributed by atoms with Crippen LogP contribution in [0.4, 0.5) is 32.3 Å². The number of benzene rings is 3. The topological polar surface area (TPSA) is 109 Å². The molecule has 1 aliphatic rings. The predicted molar refractivity (Wildman–Crippen MR) is 215 cm³/mol. The second kappa shape index (κ2) is 19.4. The Balaban J connectivity index is 1.39. The van der Waals surface area contributed by atoms with Gasteiger partial charge >= 0.3 is 6.09 Å². The minimum Gasteiger partial charge on any atom is -0.495 e. The minimum absolute atomic E-state index is 0.0772. The summed E-state index contributed by atoms with van der Waals surface area (Å²) in [5.41, 5.74) is 4.31. The van der Waals surface area contributed by atoms with Crippen molar-refractivity contribution >= 4 is 35.1 Å². The number of carbonyl (C=O) groups excluding carboxylic acids is 2. The summed E-state index contributed by atoms with van der Waals surface area (Å²) in [6, 6.07) is 15.6. The van der Waals surface area contributed by atoms with Crippen LogP contribution in [0.2, 0.25) is 0 Å².